The van der Waals surface area contributed by atoms with Gasteiger partial charge in [-0.2, -0.15) is 0 Å². The minimum Gasteiger partial charge on any atom is -0.238 e. The van der Waals surface area contributed by atoms with E-state index in [1.165, 1.54) is 19.9 Å². The number of nitrogens with zero attached hydrogens (tertiary/aromatic N) is 4. The normalized spacial score (nSPS) is 20.3. The largest absolute Gasteiger partial charge is 0.248 e. The van der Waals surface area contributed by atoms with Gasteiger partial charge in [0.05, 0.1) is 17.2 Å². The molecule has 1 aliphatic carbocycles. The summed E-state index contributed by atoms with van der Waals surface area (Å²) in [6.45, 7) is 7.29. The third-order valence-electron chi connectivity index (χ3n) is 8.48. The molecule has 0 bridgehead atoms. The molecule has 0 radical (unpaired) electrons. The molecule has 4 aromatic rings. The maximum absolute atomic E-state index is 13.1. The fourth-order valence-electron chi connectivity index (χ4n) is 6.30. The Balaban J connectivity index is 1.79. The smallest absolute Gasteiger partial charge is 0.238 e. The first-order valence-electron chi connectivity index (χ1n) is 15.4. The highest BCUT2D eigenvalue weighted by molar-refractivity contribution is 7.92. The third-order valence-corrected chi connectivity index (χ3v) is 11.6. The molecule has 2 atom stereocenters. The Kier molecular flexibility index (Phi) is 9.60. The van der Waals surface area contributed by atoms with E-state index in [4.69, 9.17) is 9.97 Å². The van der Waals surface area contributed by atoms with Gasteiger partial charge in [0.1, 0.15) is 5.82 Å². The van der Waals surface area contributed by atoms with E-state index in [0.717, 1.165) is 54.0 Å². The van der Waals surface area contributed by atoms with E-state index in [-0.39, 0.29) is 40.2 Å². The molecule has 2 aromatic carbocycles. The average molecular weight is 633 g/mol. The van der Waals surface area contributed by atoms with Crippen molar-refractivity contribution in [3.05, 3.63) is 107 Å². The standard InChI is InChI=1S/C34H40N4O4S2/c1-5-15-25-21-26(36-28(35-25)16-6-2)32-30(23-17-11-9-12-18-23)33(31(32)24-19-13-10-14-20-24)27-22-29(43(39,40)7-3)38-34(37-27)44(41,42)8-4/h9-14,17-22,30-33H,5-8,15-16H2,1-4H3/t30-,31-,32?,33?/m1/s1. The Morgan fingerprint density at radius 3 is 1.59 bits per heavy atom. The summed E-state index contributed by atoms with van der Waals surface area (Å²) in [7, 11) is -7.71. The third kappa shape index (κ3) is 6.33. The fourth-order valence-corrected chi connectivity index (χ4v) is 7.92. The second-order valence-corrected chi connectivity index (χ2v) is 15.7. The lowest BCUT2D eigenvalue weighted by Gasteiger charge is -2.52. The van der Waals surface area contributed by atoms with Gasteiger partial charge in [-0.1, -0.05) is 94.8 Å². The zero-order valence-electron chi connectivity index (χ0n) is 25.7. The maximum Gasteiger partial charge on any atom is 0.248 e. The molecule has 44 heavy (non-hydrogen) atoms. The van der Waals surface area contributed by atoms with Crippen molar-refractivity contribution in [1.29, 1.82) is 0 Å². The summed E-state index contributed by atoms with van der Waals surface area (Å²) in [5.41, 5.74) is 4.48. The van der Waals surface area contributed by atoms with Gasteiger partial charge in [0, 0.05) is 41.5 Å². The van der Waals surface area contributed by atoms with Gasteiger partial charge in [-0.05, 0) is 36.1 Å². The molecule has 8 nitrogen and oxygen atoms in total. The van der Waals surface area contributed by atoms with Gasteiger partial charge in [-0.15, -0.1) is 0 Å². The Morgan fingerprint density at radius 1 is 0.568 bits per heavy atom. The van der Waals surface area contributed by atoms with E-state index in [9.17, 15) is 16.8 Å². The van der Waals surface area contributed by atoms with Crippen molar-refractivity contribution in [3.63, 3.8) is 0 Å². The van der Waals surface area contributed by atoms with Crippen molar-refractivity contribution in [1.82, 2.24) is 19.9 Å². The second kappa shape index (κ2) is 13.2. The zero-order valence-corrected chi connectivity index (χ0v) is 27.4. The number of sulfone groups is 2. The Bertz CT molecular complexity index is 1690. The van der Waals surface area contributed by atoms with Crippen molar-refractivity contribution in [2.45, 2.75) is 87.2 Å². The Morgan fingerprint density at radius 2 is 1.09 bits per heavy atom. The van der Waals surface area contributed by atoms with Crippen molar-refractivity contribution in [2.75, 3.05) is 11.5 Å². The number of benzene rings is 2. The molecule has 0 unspecified atom stereocenters. The van der Waals surface area contributed by atoms with Crippen LogP contribution in [0.2, 0.25) is 0 Å². The minimum atomic E-state index is -3.89. The minimum absolute atomic E-state index is 0.0774. The molecule has 0 spiro atoms. The van der Waals surface area contributed by atoms with Crippen LogP contribution in [0.4, 0.5) is 0 Å². The number of aryl methyl sites for hydroxylation is 2. The van der Waals surface area contributed by atoms with E-state index >= 15 is 0 Å². The molecule has 0 aliphatic heterocycles. The number of rotatable bonds is 12. The van der Waals surface area contributed by atoms with Gasteiger partial charge < -0.3 is 0 Å². The predicted molar refractivity (Wildman–Crippen MR) is 171 cm³/mol. The number of aromatic nitrogens is 4. The van der Waals surface area contributed by atoms with Gasteiger partial charge in [-0.25, -0.2) is 36.8 Å². The zero-order chi connectivity index (χ0) is 31.5. The van der Waals surface area contributed by atoms with Crippen LogP contribution in [-0.2, 0) is 32.5 Å². The Hall–Kier alpha value is -3.50. The van der Waals surface area contributed by atoms with Crippen LogP contribution in [0.1, 0.15) is 98.2 Å². The molecule has 0 amide bonds. The molecular weight excluding hydrogens is 593 g/mol. The van der Waals surface area contributed by atoms with Gasteiger partial charge >= 0.3 is 0 Å². The van der Waals surface area contributed by atoms with E-state index in [0.29, 0.717) is 5.69 Å². The Labute approximate surface area is 261 Å². The average Bonchev–Trinajstić information content (AvgIpc) is 3.02. The molecule has 1 aliphatic rings. The lowest BCUT2D eigenvalue weighted by molar-refractivity contribution is 0.217. The van der Waals surface area contributed by atoms with E-state index in [1.807, 2.05) is 36.4 Å². The first-order chi connectivity index (χ1) is 21.1. The van der Waals surface area contributed by atoms with E-state index in [2.05, 4.69) is 54.1 Å². The highest BCUT2D eigenvalue weighted by atomic mass is 32.2. The van der Waals surface area contributed by atoms with Crippen molar-refractivity contribution < 1.29 is 16.8 Å². The summed E-state index contributed by atoms with van der Waals surface area (Å²) in [5.74, 6) is -0.316. The van der Waals surface area contributed by atoms with E-state index in [1.54, 1.807) is 0 Å². The molecule has 1 saturated carbocycles. The number of hydrogen-bond acceptors (Lipinski definition) is 8. The van der Waals surface area contributed by atoms with Gasteiger partial charge in [0.15, 0.2) is 14.9 Å². The summed E-state index contributed by atoms with van der Waals surface area (Å²) in [6.07, 6.45) is 3.51. The molecular formula is C34H40N4O4S2. The van der Waals surface area contributed by atoms with E-state index < -0.39 is 24.8 Å². The summed E-state index contributed by atoms with van der Waals surface area (Å²) < 4.78 is 52.5. The van der Waals surface area contributed by atoms with Gasteiger partial charge in [0.2, 0.25) is 15.0 Å². The fraction of sp³-hybridized carbons (Fsp3) is 0.412. The first kappa shape index (κ1) is 31.9. The summed E-state index contributed by atoms with van der Waals surface area (Å²) in [6, 6.07) is 23.8. The molecule has 0 saturated heterocycles. The highest BCUT2D eigenvalue weighted by Gasteiger charge is 2.54. The van der Waals surface area contributed by atoms with Crippen molar-refractivity contribution >= 4 is 19.7 Å². The van der Waals surface area contributed by atoms with Crippen LogP contribution >= 0.6 is 0 Å². The number of hydrogen-bond donors (Lipinski definition) is 0. The van der Waals surface area contributed by atoms with Crippen LogP contribution < -0.4 is 0 Å². The highest BCUT2D eigenvalue weighted by Crippen LogP contribution is 2.66. The monoisotopic (exact) mass is 632 g/mol. The van der Waals surface area contributed by atoms with Crippen LogP contribution in [0.5, 0.6) is 0 Å². The molecule has 1 fully saturated rings. The summed E-state index contributed by atoms with van der Waals surface area (Å²) in [4.78, 5) is 18.7. The lowest BCUT2D eigenvalue weighted by Crippen LogP contribution is -2.41. The van der Waals surface area contributed by atoms with Crippen LogP contribution in [0.3, 0.4) is 0 Å². The van der Waals surface area contributed by atoms with Gasteiger partial charge in [0.25, 0.3) is 0 Å². The first-order valence-corrected chi connectivity index (χ1v) is 18.7. The SMILES string of the molecule is CCCc1cc(C2[C@@H](c3ccccc3)C(c3cc(S(=O)(=O)CC)nc(S(=O)(=O)CC)n3)[C@@H]2c2ccccc2)nc(CCC)n1. The molecule has 2 aromatic heterocycles. The van der Waals surface area contributed by atoms with Crippen molar-refractivity contribution in [3.8, 4) is 0 Å². The topological polar surface area (TPSA) is 120 Å². The predicted octanol–water partition coefficient (Wildman–Crippen LogP) is 6.21. The van der Waals surface area contributed by atoms with Crippen LogP contribution in [0, 0.1) is 0 Å². The summed E-state index contributed by atoms with van der Waals surface area (Å²) in [5, 5.41) is -0.694. The summed E-state index contributed by atoms with van der Waals surface area (Å²) >= 11 is 0. The maximum atomic E-state index is 13.1. The van der Waals surface area contributed by atoms with Crippen LogP contribution in [0.15, 0.2) is 83.0 Å². The second-order valence-electron chi connectivity index (χ2n) is 11.3. The van der Waals surface area contributed by atoms with Crippen LogP contribution in [-0.4, -0.2) is 48.3 Å². The molecule has 232 valence electrons. The van der Waals surface area contributed by atoms with Crippen LogP contribution in [0.25, 0.3) is 0 Å². The molecule has 10 heteroatoms. The van der Waals surface area contributed by atoms with Gasteiger partial charge in [-0.3, -0.25) is 0 Å². The molecule has 5 rings (SSSR count). The van der Waals surface area contributed by atoms with Crippen molar-refractivity contribution in [2.24, 2.45) is 0 Å². The molecule has 0 N–H and O–H groups in total. The lowest BCUT2D eigenvalue weighted by atomic mass is 9.50. The molecule has 2 heterocycles. The quantitative estimate of drug-likeness (QED) is 0.134.